The smallest absolute Gasteiger partial charge is 0.185 e. The molecule has 1 heterocycles. The average Bonchev–Trinajstić information content (AvgIpc) is 2.12. The molecule has 1 fully saturated rings. The van der Waals surface area contributed by atoms with Gasteiger partial charge in [0.1, 0.15) is 18.3 Å². The lowest BCUT2D eigenvalue weighted by atomic mass is 9.99. The Hall–Kier alpha value is 0.110. The minimum atomic E-state index is -1.75. The van der Waals surface area contributed by atoms with Gasteiger partial charge in [0.2, 0.25) is 0 Å². The highest BCUT2D eigenvalue weighted by Gasteiger charge is 2.50. The van der Waals surface area contributed by atoms with Crippen molar-refractivity contribution in [3.05, 3.63) is 0 Å². The lowest BCUT2D eigenvalue weighted by molar-refractivity contribution is -0.297. The molecule has 6 nitrogen and oxygen atoms in total. The zero-order valence-electron chi connectivity index (χ0n) is 6.61. The Morgan fingerprint density at radius 2 is 1.69 bits per heavy atom. The third-order valence-electron chi connectivity index (χ3n) is 1.98. The molecule has 78 valence electrons. The molecular weight excluding hydrogens is 200 g/mol. The van der Waals surface area contributed by atoms with Crippen molar-refractivity contribution in [1.29, 1.82) is 0 Å². The van der Waals surface area contributed by atoms with Gasteiger partial charge in [0.25, 0.3) is 0 Å². The first-order valence-corrected chi connectivity index (χ1v) is 4.10. The van der Waals surface area contributed by atoms with Crippen LogP contribution in [0.25, 0.3) is 0 Å². The second-order valence-electron chi connectivity index (χ2n) is 2.94. The summed E-state index contributed by atoms with van der Waals surface area (Å²) in [5.41, 5.74) is 0. The normalized spacial score (nSPS) is 52.2. The predicted octanol–water partition coefficient (Wildman–Crippen LogP) is -2.96. The summed E-state index contributed by atoms with van der Waals surface area (Å²) in [5.74, 6) is 0. The molecule has 0 unspecified atom stereocenters. The SMILES string of the molecule is OC[C@]1(S)O[C@H](O)[C@H](O)[C@H](O)[C@@H]1O. The maximum Gasteiger partial charge on any atom is 0.185 e. The average molecular weight is 212 g/mol. The molecule has 5 N–H and O–H groups in total. The van der Waals surface area contributed by atoms with Gasteiger partial charge in [0.05, 0.1) is 6.61 Å². The number of rotatable bonds is 1. The Bertz CT molecular complexity index is 190. The van der Waals surface area contributed by atoms with Gasteiger partial charge in [-0.1, -0.05) is 0 Å². The number of ether oxygens (including phenoxy) is 1. The zero-order valence-corrected chi connectivity index (χ0v) is 7.50. The molecule has 0 amide bonds. The summed E-state index contributed by atoms with van der Waals surface area (Å²) in [7, 11) is 0. The predicted molar refractivity (Wildman–Crippen MR) is 43.9 cm³/mol. The summed E-state index contributed by atoms with van der Waals surface area (Å²) >= 11 is 3.75. The standard InChI is InChI=1S/C6H12O6S/c7-1-6(13)4(10)2(8)3(9)5(11)12-6/h2-5,7-11,13H,1H2/t2-,3+,4-,5-,6+/m0/s1. The van der Waals surface area contributed by atoms with Gasteiger partial charge in [-0.25, -0.2) is 0 Å². The molecule has 1 saturated heterocycles. The van der Waals surface area contributed by atoms with Crippen molar-refractivity contribution in [2.45, 2.75) is 29.5 Å². The van der Waals surface area contributed by atoms with Crippen LogP contribution in [0.5, 0.6) is 0 Å². The molecule has 0 bridgehead atoms. The van der Waals surface area contributed by atoms with Gasteiger partial charge in [-0.3, -0.25) is 0 Å². The number of hydrogen-bond acceptors (Lipinski definition) is 7. The van der Waals surface area contributed by atoms with Crippen molar-refractivity contribution >= 4 is 12.6 Å². The van der Waals surface area contributed by atoms with Gasteiger partial charge in [-0.15, -0.1) is 12.6 Å². The fourth-order valence-corrected chi connectivity index (χ4v) is 1.36. The molecule has 0 aromatic carbocycles. The van der Waals surface area contributed by atoms with Crippen molar-refractivity contribution in [2.75, 3.05) is 6.61 Å². The van der Waals surface area contributed by atoms with E-state index >= 15 is 0 Å². The molecule has 7 heteroatoms. The summed E-state index contributed by atoms with van der Waals surface area (Å²) in [5, 5.41) is 45.3. The molecule has 0 radical (unpaired) electrons. The molecule has 0 aliphatic carbocycles. The molecule has 1 rings (SSSR count). The van der Waals surface area contributed by atoms with E-state index in [1.807, 2.05) is 0 Å². The quantitative estimate of drug-likeness (QED) is 0.259. The second-order valence-corrected chi connectivity index (χ2v) is 3.69. The maximum absolute atomic E-state index is 9.30. The molecule has 0 saturated carbocycles. The molecule has 5 atom stereocenters. The summed E-state index contributed by atoms with van der Waals surface area (Å²) in [6.45, 7) is -0.696. The Morgan fingerprint density at radius 3 is 2.15 bits per heavy atom. The molecule has 0 aromatic heterocycles. The van der Waals surface area contributed by atoms with Crippen molar-refractivity contribution in [3.63, 3.8) is 0 Å². The van der Waals surface area contributed by atoms with E-state index in [1.54, 1.807) is 0 Å². The fraction of sp³-hybridized carbons (Fsp3) is 1.00. The number of aliphatic hydroxyl groups excluding tert-OH is 5. The van der Waals surface area contributed by atoms with Gasteiger partial charge in [0.15, 0.2) is 11.2 Å². The minimum Gasteiger partial charge on any atom is -0.392 e. The van der Waals surface area contributed by atoms with Gasteiger partial charge in [0, 0.05) is 0 Å². The molecule has 1 aliphatic heterocycles. The van der Waals surface area contributed by atoms with Crippen LogP contribution >= 0.6 is 12.6 Å². The number of thiol groups is 1. The second kappa shape index (κ2) is 3.70. The Morgan fingerprint density at radius 1 is 1.15 bits per heavy atom. The highest BCUT2D eigenvalue weighted by atomic mass is 32.1. The van der Waals surface area contributed by atoms with E-state index in [-0.39, 0.29) is 0 Å². The van der Waals surface area contributed by atoms with E-state index < -0.39 is 36.1 Å². The zero-order chi connectivity index (χ0) is 10.2. The third kappa shape index (κ3) is 1.82. The maximum atomic E-state index is 9.30. The fourth-order valence-electron chi connectivity index (χ4n) is 1.10. The summed E-state index contributed by atoms with van der Waals surface area (Å²) in [6.07, 6.45) is -6.46. The van der Waals surface area contributed by atoms with Crippen LogP contribution in [-0.2, 0) is 4.74 Å². The number of aliphatic hydroxyl groups is 5. The van der Waals surface area contributed by atoms with E-state index in [9.17, 15) is 10.2 Å². The Kier molecular flexibility index (Phi) is 3.18. The Labute approximate surface area is 79.8 Å². The number of hydrogen-bond donors (Lipinski definition) is 6. The van der Waals surface area contributed by atoms with Crippen molar-refractivity contribution < 1.29 is 30.3 Å². The van der Waals surface area contributed by atoms with E-state index in [0.717, 1.165) is 0 Å². The van der Waals surface area contributed by atoms with Crippen molar-refractivity contribution in [2.24, 2.45) is 0 Å². The molecule has 0 spiro atoms. The summed E-state index contributed by atoms with van der Waals surface area (Å²) in [6, 6.07) is 0. The van der Waals surface area contributed by atoms with E-state index in [2.05, 4.69) is 17.4 Å². The van der Waals surface area contributed by atoms with Crippen LogP contribution in [-0.4, -0.2) is 61.7 Å². The van der Waals surface area contributed by atoms with Crippen molar-refractivity contribution in [1.82, 2.24) is 0 Å². The van der Waals surface area contributed by atoms with Crippen LogP contribution in [0.3, 0.4) is 0 Å². The first-order chi connectivity index (χ1) is 5.92. The van der Waals surface area contributed by atoms with Crippen LogP contribution < -0.4 is 0 Å². The minimum absolute atomic E-state index is 0.696. The van der Waals surface area contributed by atoms with Gasteiger partial charge >= 0.3 is 0 Å². The van der Waals surface area contributed by atoms with Crippen LogP contribution in [0.1, 0.15) is 0 Å². The molecule has 13 heavy (non-hydrogen) atoms. The van der Waals surface area contributed by atoms with Gasteiger partial charge < -0.3 is 30.3 Å². The summed E-state index contributed by atoms with van der Waals surface area (Å²) < 4.78 is 4.63. The lowest BCUT2D eigenvalue weighted by Crippen LogP contribution is -2.63. The summed E-state index contributed by atoms with van der Waals surface area (Å²) in [4.78, 5) is -1.75. The highest BCUT2D eigenvalue weighted by Crippen LogP contribution is 2.31. The first-order valence-electron chi connectivity index (χ1n) is 3.65. The van der Waals surface area contributed by atoms with Crippen molar-refractivity contribution in [3.8, 4) is 0 Å². The molecule has 0 aromatic rings. The van der Waals surface area contributed by atoms with E-state index in [0.29, 0.717) is 0 Å². The van der Waals surface area contributed by atoms with Gasteiger partial charge in [-0.2, -0.15) is 0 Å². The van der Waals surface area contributed by atoms with E-state index in [4.69, 9.17) is 15.3 Å². The monoisotopic (exact) mass is 212 g/mol. The van der Waals surface area contributed by atoms with E-state index in [1.165, 1.54) is 0 Å². The van der Waals surface area contributed by atoms with Crippen LogP contribution in [0.2, 0.25) is 0 Å². The van der Waals surface area contributed by atoms with Gasteiger partial charge in [-0.05, 0) is 0 Å². The molecular formula is C6H12O6S. The Balaban J connectivity index is 2.82. The van der Waals surface area contributed by atoms with Crippen LogP contribution in [0.15, 0.2) is 0 Å². The molecule has 1 aliphatic rings. The largest absolute Gasteiger partial charge is 0.392 e. The highest BCUT2D eigenvalue weighted by molar-refractivity contribution is 7.81. The first kappa shape index (κ1) is 11.2. The third-order valence-corrected chi connectivity index (χ3v) is 2.49. The lowest BCUT2D eigenvalue weighted by Gasteiger charge is -2.43. The van der Waals surface area contributed by atoms with Crippen LogP contribution in [0.4, 0.5) is 0 Å². The van der Waals surface area contributed by atoms with Crippen LogP contribution in [0, 0.1) is 0 Å². The topological polar surface area (TPSA) is 110 Å².